The Morgan fingerprint density at radius 1 is 0.889 bits per heavy atom. The number of halogens is 1. The van der Waals surface area contributed by atoms with Crippen molar-refractivity contribution in [2.75, 3.05) is 26.2 Å². The molecule has 144 valence electrons. The van der Waals surface area contributed by atoms with Crippen molar-refractivity contribution < 1.29 is 19.8 Å². The molecule has 2 N–H and O–H groups in total. The minimum atomic E-state index is -1.82. The summed E-state index contributed by atoms with van der Waals surface area (Å²) in [6.07, 6.45) is 3.75. The molecule has 0 amide bonds. The number of aromatic nitrogens is 1. The Bertz CT molecular complexity index is 738. The van der Waals surface area contributed by atoms with E-state index in [1.54, 1.807) is 0 Å². The van der Waals surface area contributed by atoms with Crippen molar-refractivity contribution in [1.82, 2.24) is 14.8 Å². The highest BCUT2D eigenvalue weighted by molar-refractivity contribution is 9.10. The Hall–Kier alpha value is -2.29. The zero-order valence-electron chi connectivity index (χ0n) is 14.8. The van der Waals surface area contributed by atoms with E-state index >= 15 is 0 Å². The summed E-state index contributed by atoms with van der Waals surface area (Å²) in [5.41, 5.74) is 2.73. The van der Waals surface area contributed by atoms with Crippen LogP contribution in [0.2, 0.25) is 0 Å². The molecule has 0 bridgehead atoms. The fraction of sp³-hybridized carbons (Fsp3) is 0.316. The predicted octanol–water partition coefficient (Wildman–Crippen LogP) is 2.32. The lowest BCUT2D eigenvalue weighted by molar-refractivity contribution is -0.159. The maximum atomic E-state index is 9.10. The predicted molar refractivity (Wildman–Crippen MR) is 104 cm³/mol. The van der Waals surface area contributed by atoms with Crippen molar-refractivity contribution in [3.8, 4) is 0 Å². The molecule has 0 atom stereocenters. The van der Waals surface area contributed by atoms with Gasteiger partial charge in [-0.05, 0) is 35.4 Å². The number of piperazine rings is 1. The summed E-state index contributed by atoms with van der Waals surface area (Å²) < 4.78 is 1.16. The van der Waals surface area contributed by atoms with E-state index in [0.717, 1.165) is 43.7 Å². The number of aliphatic carboxylic acids is 2. The second-order valence-electron chi connectivity index (χ2n) is 6.15. The molecule has 1 aromatic carbocycles. The van der Waals surface area contributed by atoms with Gasteiger partial charge in [0.1, 0.15) is 0 Å². The molecular formula is C19H22BrN3O4. The smallest absolute Gasteiger partial charge is 0.414 e. The van der Waals surface area contributed by atoms with Crippen LogP contribution >= 0.6 is 15.9 Å². The molecule has 0 radical (unpaired) electrons. The molecule has 0 aliphatic carbocycles. The summed E-state index contributed by atoms with van der Waals surface area (Å²) >= 11 is 3.54. The summed E-state index contributed by atoms with van der Waals surface area (Å²) in [4.78, 5) is 27.3. The summed E-state index contributed by atoms with van der Waals surface area (Å²) in [6.45, 7) is 6.62. The first-order chi connectivity index (χ1) is 12.9. The van der Waals surface area contributed by atoms with Gasteiger partial charge in [-0.3, -0.25) is 14.8 Å². The van der Waals surface area contributed by atoms with Crippen LogP contribution in [0, 0.1) is 0 Å². The quantitative estimate of drug-likeness (QED) is 0.711. The number of pyridine rings is 1. The van der Waals surface area contributed by atoms with E-state index in [1.807, 2.05) is 12.4 Å². The lowest BCUT2D eigenvalue weighted by Gasteiger charge is -2.34. The lowest BCUT2D eigenvalue weighted by atomic mass is 10.2. The molecule has 0 unspecified atom stereocenters. The molecule has 1 aromatic heterocycles. The zero-order valence-corrected chi connectivity index (χ0v) is 16.4. The van der Waals surface area contributed by atoms with Crippen LogP contribution < -0.4 is 0 Å². The molecule has 7 nitrogen and oxygen atoms in total. The van der Waals surface area contributed by atoms with Crippen molar-refractivity contribution in [2.45, 2.75) is 13.1 Å². The van der Waals surface area contributed by atoms with Gasteiger partial charge in [0, 0.05) is 56.1 Å². The summed E-state index contributed by atoms with van der Waals surface area (Å²) in [5, 5.41) is 14.8. The Morgan fingerprint density at radius 2 is 1.41 bits per heavy atom. The number of hydrogen-bond donors (Lipinski definition) is 2. The molecule has 1 aliphatic heterocycles. The third-order valence-corrected chi connectivity index (χ3v) is 4.59. The summed E-state index contributed by atoms with van der Waals surface area (Å²) in [7, 11) is 0. The Morgan fingerprint density at radius 3 is 1.89 bits per heavy atom. The third kappa shape index (κ3) is 7.86. The SMILES string of the molecule is Brc1cccc(CN2CCN(Cc3ccncc3)CC2)c1.O=C(O)C(=O)O. The van der Waals surface area contributed by atoms with Crippen LogP contribution in [-0.2, 0) is 22.7 Å². The molecule has 2 aromatic rings. The van der Waals surface area contributed by atoms with Gasteiger partial charge in [0.15, 0.2) is 0 Å². The molecule has 1 fully saturated rings. The molecule has 8 heteroatoms. The van der Waals surface area contributed by atoms with Gasteiger partial charge < -0.3 is 10.2 Å². The Balaban J connectivity index is 0.000000380. The van der Waals surface area contributed by atoms with Crippen LogP contribution in [0.3, 0.4) is 0 Å². The van der Waals surface area contributed by atoms with E-state index in [9.17, 15) is 0 Å². The lowest BCUT2D eigenvalue weighted by Crippen LogP contribution is -2.45. The first-order valence-electron chi connectivity index (χ1n) is 8.48. The number of benzene rings is 1. The highest BCUT2D eigenvalue weighted by atomic mass is 79.9. The number of rotatable bonds is 4. The molecular weight excluding hydrogens is 414 g/mol. The Kier molecular flexibility index (Phi) is 8.38. The monoisotopic (exact) mass is 435 g/mol. The third-order valence-electron chi connectivity index (χ3n) is 4.10. The Labute approximate surface area is 166 Å². The average Bonchev–Trinajstić information content (AvgIpc) is 2.65. The minimum absolute atomic E-state index is 1.03. The number of carbonyl (C=O) groups is 2. The van der Waals surface area contributed by atoms with E-state index in [4.69, 9.17) is 19.8 Å². The molecule has 2 heterocycles. The normalized spacial score (nSPS) is 14.9. The van der Waals surface area contributed by atoms with Gasteiger partial charge in [-0.2, -0.15) is 0 Å². The van der Waals surface area contributed by atoms with Gasteiger partial charge >= 0.3 is 11.9 Å². The molecule has 1 saturated heterocycles. The summed E-state index contributed by atoms with van der Waals surface area (Å²) in [5.74, 6) is -3.65. The van der Waals surface area contributed by atoms with Gasteiger partial charge in [0.05, 0.1) is 0 Å². The summed E-state index contributed by atoms with van der Waals surface area (Å²) in [6, 6.07) is 12.8. The van der Waals surface area contributed by atoms with Crippen molar-refractivity contribution in [1.29, 1.82) is 0 Å². The second kappa shape index (κ2) is 10.8. The van der Waals surface area contributed by atoms with Crippen molar-refractivity contribution in [2.24, 2.45) is 0 Å². The number of carboxylic acids is 2. The van der Waals surface area contributed by atoms with E-state index in [1.165, 1.54) is 11.1 Å². The average molecular weight is 436 g/mol. The molecule has 3 rings (SSSR count). The second-order valence-corrected chi connectivity index (χ2v) is 7.06. The largest absolute Gasteiger partial charge is 0.473 e. The topological polar surface area (TPSA) is 94.0 Å². The minimum Gasteiger partial charge on any atom is -0.473 e. The van der Waals surface area contributed by atoms with E-state index < -0.39 is 11.9 Å². The fourth-order valence-electron chi connectivity index (χ4n) is 2.75. The molecule has 1 aliphatic rings. The van der Waals surface area contributed by atoms with Crippen LogP contribution in [0.15, 0.2) is 53.3 Å². The first kappa shape index (κ1) is 21.0. The van der Waals surface area contributed by atoms with Crippen LogP contribution in [0.25, 0.3) is 0 Å². The number of carboxylic acid groups (broad SMARTS) is 2. The standard InChI is InChI=1S/C17H20BrN3.C2H2O4/c18-17-3-1-2-16(12-17)14-21-10-8-20(9-11-21)13-15-4-6-19-7-5-15;3-1(4)2(5)6/h1-7,12H,8-11,13-14H2;(H,3,4)(H,5,6). The molecule has 27 heavy (non-hydrogen) atoms. The molecule has 0 saturated carbocycles. The van der Waals surface area contributed by atoms with E-state index in [-0.39, 0.29) is 0 Å². The first-order valence-corrected chi connectivity index (χ1v) is 9.27. The maximum absolute atomic E-state index is 9.10. The molecule has 0 spiro atoms. The highest BCUT2D eigenvalue weighted by Crippen LogP contribution is 2.15. The van der Waals surface area contributed by atoms with E-state index in [2.05, 4.69) is 67.1 Å². The van der Waals surface area contributed by atoms with Gasteiger partial charge in [-0.15, -0.1) is 0 Å². The van der Waals surface area contributed by atoms with Crippen molar-refractivity contribution in [3.05, 3.63) is 64.4 Å². The zero-order chi connectivity index (χ0) is 19.6. The van der Waals surface area contributed by atoms with Crippen molar-refractivity contribution >= 4 is 27.9 Å². The number of hydrogen-bond acceptors (Lipinski definition) is 5. The highest BCUT2D eigenvalue weighted by Gasteiger charge is 2.17. The van der Waals surface area contributed by atoms with Gasteiger partial charge in [-0.1, -0.05) is 28.1 Å². The van der Waals surface area contributed by atoms with Gasteiger partial charge in [-0.25, -0.2) is 9.59 Å². The van der Waals surface area contributed by atoms with Gasteiger partial charge in [0.25, 0.3) is 0 Å². The van der Waals surface area contributed by atoms with Crippen LogP contribution in [0.1, 0.15) is 11.1 Å². The van der Waals surface area contributed by atoms with Gasteiger partial charge in [0.2, 0.25) is 0 Å². The van der Waals surface area contributed by atoms with Crippen LogP contribution in [0.4, 0.5) is 0 Å². The number of nitrogens with zero attached hydrogens (tertiary/aromatic N) is 3. The van der Waals surface area contributed by atoms with E-state index in [0.29, 0.717) is 0 Å². The fourth-order valence-corrected chi connectivity index (χ4v) is 3.19. The maximum Gasteiger partial charge on any atom is 0.414 e. The van der Waals surface area contributed by atoms with Crippen molar-refractivity contribution in [3.63, 3.8) is 0 Å². The van der Waals surface area contributed by atoms with Crippen LogP contribution in [-0.4, -0.2) is 63.1 Å². The van der Waals surface area contributed by atoms with Crippen LogP contribution in [0.5, 0.6) is 0 Å².